The average molecular weight is 272 g/mol. The highest BCUT2D eigenvalue weighted by Crippen LogP contribution is 2.28. The van der Waals surface area contributed by atoms with Gasteiger partial charge in [-0.1, -0.05) is 36.4 Å². The third-order valence-corrected chi connectivity index (χ3v) is 3.34. The van der Waals surface area contributed by atoms with E-state index in [1.54, 1.807) is 26.0 Å². The lowest BCUT2D eigenvalue weighted by Crippen LogP contribution is -2.26. The second kappa shape index (κ2) is 5.45. The van der Waals surface area contributed by atoms with Crippen LogP contribution < -0.4 is 0 Å². The Hall–Kier alpha value is -2.16. The molecule has 2 aromatic carbocycles. The molecule has 0 heterocycles. The molecule has 2 rings (SSSR count). The smallest absolute Gasteiger partial charge is 0.309 e. The Morgan fingerprint density at radius 2 is 1.80 bits per heavy atom. The first-order chi connectivity index (χ1) is 9.40. The van der Waals surface area contributed by atoms with Gasteiger partial charge >= 0.3 is 5.97 Å². The van der Waals surface area contributed by atoms with Gasteiger partial charge in [0.15, 0.2) is 0 Å². The van der Waals surface area contributed by atoms with Crippen LogP contribution in [0.5, 0.6) is 0 Å². The second-order valence-electron chi connectivity index (χ2n) is 5.55. The third kappa shape index (κ3) is 3.05. The van der Waals surface area contributed by atoms with Gasteiger partial charge in [-0.3, -0.25) is 4.79 Å². The quantitative estimate of drug-likeness (QED) is 0.908. The monoisotopic (exact) mass is 272 g/mol. The van der Waals surface area contributed by atoms with Crippen LogP contribution in [0.4, 0.5) is 4.39 Å². The molecule has 0 aliphatic carbocycles. The van der Waals surface area contributed by atoms with Gasteiger partial charge in [0.25, 0.3) is 0 Å². The fraction of sp³-hybridized carbons (Fsp3) is 0.235. The summed E-state index contributed by atoms with van der Waals surface area (Å²) in [4.78, 5) is 11.2. The molecule has 104 valence electrons. The summed E-state index contributed by atoms with van der Waals surface area (Å²) >= 11 is 0. The van der Waals surface area contributed by atoms with E-state index in [0.29, 0.717) is 12.0 Å². The molecule has 0 aliphatic rings. The molecular weight excluding hydrogens is 255 g/mol. The van der Waals surface area contributed by atoms with Crippen molar-refractivity contribution >= 4 is 5.97 Å². The number of carboxylic acids is 1. The first-order valence-corrected chi connectivity index (χ1v) is 6.47. The summed E-state index contributed by atoms with van der Waals surface area (Å²) in [6, 6.07) is 14.0. The van der Waals surface area contributed by atoms with E-state index >= 15 is 0 Å². The molecule has 1 N–H and O–H groups in total. The Bertz CT molecular complexity index is 618. The van der Waals surface area contributed by atoms with Crippen LogP contribution in [0.1, 0.15) is 19.4 Å². The van der Waals surface area contributed by atoms with Crippen molar-refractivity contribution in [1.82, 2.24) is 0 Å². The minimum absolute atomic E-state index is 0.298. The van der Waals surface area contributed by atoms with E-state index in [4.69, 9.17) is 5.11 Å². The molecule has 2 nitrogen and oxygen atoms in total. The van der Waals surface area contributed by atoms with E-state index in [-0.39, 0.29) is 5.82 Å². The average Bonchev–Trinajstić information content (AvgIpc) is 2.41. The highest BCUT2D eigenvalue weighted by atomic mass is 19.1. The standard InChI is InChI=1S/C17H17FO2/c1-17(2,16(19)20)11-12-8-9-15(18)14(10-12)13-6-4-3-5-7-13/h3-10H,11H2,1-2H3,(H,19,20). The van der Waals surface area contributed by atoms with Crippen molar-refractivity contribution in [2.75, 3.05) is 0 Å². The van der Waals surface area contributed by atoms with Gasteiger partial charge < -0.3 is 5.11 Å². The molecule has 0 aliphatic heterocycles. The van der Waals surface area contributed by atoms with E-state index in [1.165, 1.54) is 6.07 Å². The van der Waals surface area contributed by atoms with Crippen LogP contribution in [0, 0.1) is 11.2 Å². The molecule has 0 amide bonds. The number of hydrogen-bond acceptors (Lipinski definition) is 1. The van der Waals surface area contributed by atoms with Crippen molar-refractivity contribution in [3.05, 3.63) is 59.9 Å². The van der Waals surface area contributed by atoms with Crippen molar-refractivity contribution in [2.45, 2.75) is 20.3 Å². The fourth-order valence-electron chi connectivity index (χ4n) is 2.11. The van der Waals surface area contributed by atoms with Gasteiger partial charge in [0, 0.05) is 5.56 Å². The van der Waals surface area contributed by atoms with Gasteiger partial charge in [-0.15, -0.1) is 0 Å². The van der Waals surface area contributed by atoms with E-state index < -0.39 is 11.4 Å². The van der Waals surface area contributed by atoms with Gasteiger partial charge in [-0.2, -0.15) is 0 Å². The zero-order chi connectivity index (χ0) is 14.8. The summed E-state index contributed by atoms with van der Waals surface area (Å²) in [5.41, 5.74) is 1.24. The van der Waals surface area contributed by atoms with Crippen LogP contribution >= 0.6 is 0 Å². The summed E-state index contributed by atoms with van der Waals surface area (Å²) in [7, 11) is 0. The molecule has 0 unspecified atom stereocenters. The van der Waals surface area contributed by atoms with Crippen LogP contribution in [-0.2, 0) is 11.2 Å². The number of hydrogen-bond donors (Lipinski definition) is 1. The lowest BCUT2D eigenvalue weighted by molar-refractivity contribution is -0.146. The summed E-state index contributed by atoms with van der Waals surface area (Å²) in [5, 5.41) is 9.17. The van der Waals surface area contributed by atoms with Crippen molar-refractivity contribution in [3.8, 4) is 11.1 Å². The lowest BCUT2D eigenvalue weighted by atomic mass is 9.85. The molecule has 0 fully saturated rings. The maximum atomic E-state index is 13.9. The molecule has 0 saturated heterocycles. The molecule has 0 radical (unpaired) electrons. The molecule has 0 aromatic heterocycles. The molecule has 0 saturated carbocycles. The normalized spacial score (nSPS) is 11.3. The molecule has 0 bridgehead atoms. The highest BCUT2D eigenvalue weighted by Gasteiger charge is 2.27. The number of carbonyl (C=O) groups is 1. The SMILES string of the molecule is CC(C)(Cc1ccc(F)c(-c2ccccc2)c1)C(=O)O. The lowest BCUT2D eigenvalue weighted by Gasteiger charge is -2.19. The van der Waals surface area contributed by atoms with Crippen molar-refractivity contribution < 1.29 is 14.3 Å². The summed E-state index contributed by atoms with van der Waals surface area (Å²) in [6.45, 7) is 3.34. The van der Waals surface area contributed by atoms with Crippen LogP contribution in [0.15, 0.2) is 48.5 Å². The Morgan fingerprint density at radius 1 is 1.15 bits per heavy atom. The molecular formula is C17H17FO2. The Labute approximate surface area is 117 Å². The first-order valence-electron chi connectivity index (χ1n) is 6.47. The van der Waals surface area contributed by atoms with E-state index in [0.717, 1.165) is 11.1 Å². The second-order valence-corrected chi connectivity index (χ2v) is 5.55. The summed E-state index contributed by atoms with van der Waals surface area (Å²) in [6.07, 6.45) is 0.364. The van der Waals surface area contributed by atoms with Crippen LogP contribution in [0.25, 0.3) is 11.1 Å². The number of rotatable bonds is 4. The predicted molar refractivity (Wildman–Crippen MR) is 77.0 cm³/mol. The van der Waals surface area contributed by atoms with Crippen molar-refractivity contribution in [1.29, 1.82) is 0 Å². The minimum Gasteiger partial charge on any atom is -0.481 e. The van der Waals surface area contributed by atoms with Crippen LogP contribution in [0.3, 0.4) is 0 Å². The van der Waals surface area contributed by atoms with Gasteiger partial charge in [0.05, 0.1) is 5.41 Å². The Kier molecular flexibility index (Phi) is 3.89. The maximum Gasteiger partial charge on any atom is 0.309 e. The number of benzene rings is 2. The molecule has 0 spiro atoms. The number of halogens is 1. The summed E-state index contributed by atoms with van der Waals surface area (Å²) in [5.74, 6) is -1.16. The van der Waals surface area contributed by atoms with E-state index in [2.05, 4.69) is 0 Å². The number of carboxylic acid groups (broad SMARTS) is 1. The van der Waals surface area contributed by atoms with Crippen LogP contribution in [0.2, 0.25) is 0 Å². The van der Waals surface area contributed by atoms with Crippen LogP contribution in [-0.4, -0.2) is 11.1 Å². The van der Waals surface area contributed by atoms with Gasteiger partial charge in [0.2, 0.25) is 0 Å². The van der Waals surface area contributed by atoms with Gasteiger partial charge in [0.1, 0.15) is 5.82 Å². The zero-order valence-electron chi connectivity index (χ0n) is 11.6. The molecule has 3 heteroatoms. The van der Waals surface area contributed by atoms with E-state index in [9.17, 15) is 9.18 Å². The van der Waals surface area contributed by atoms with Gasteiger partial charge in [-0.05, 0) is 43.5 Å². The zero-order valence-corrected chi connectivity index (χ0v) is 11.6. The molecule has 20 heavy (non-hydrogen) atoms. The first kappa shape index (κ1) is 14.3. The minimum atomic E-state index is -0.869. The van der Waals surface area contributed by atoms with Crippen molar-refractivity contribution in [2.24, 2.45) is 5.41 Å². The highest BCUT2D eigenvalue weighted by molar-refractivity contribution is 5.74. The Balaban J connectivity index is 2.37. The number of aliphatic carboxylic acids is 1. The molecule has 2 aromatic rings. The predicted octanol–water partition coefficient (Wildman–Crippen LogP) is 4.15. The third-order valence-electron chi connectivity index (χ3n) is 3.34. The topological polar surface area (TPSA) is 37.3 Å². The fourth-order valence-corrected chi connectivity index (χ4v) is 2.11. The van der Waals surface area contributed by atoms with E-state index in [1.807, 2.05) is 30.3 Å². The molecule has 0 atom stereocenters. The largest absolute Gasteiger partial charge is 0.481 e. The Morgan fingerprint density at radius 3 is 2.40 bits per heavy atom. The van der Waals surface area contributed by atoms with Gasteiger partial charge in [-0.25, -0.2) is 4.39 Å². The maximum absolute atomic E-state index is 13.9. The summed E-state index contributed by atoms with van der Waals surface area (Å²) < 4.78 is 13.9. The van der Waals surface area contributed by atoms with Crippen molar-refractivity contribution in [3.63, 3.8) is 0 Å².